The number of pyridine rings is 2. The van der Waals surface area contributed by atoms with Crippen LogP contribution in [0.3, 0.4) is 0 Å². The number of nitrogens with zero attached hydrogens (tertiary/aromatic N) is 4. The molecule has 0 bridgehead atoms. The van der Waals surface area contributed by atoms with Crippen LogP contribution in [-0.2, 0) is 16.2 Å². The molecule has 3 aromatic heterocycles. The van der Waals surface area contributed by atoms with Crippen molar-refractivity contribution in [3.8, 4) is 5.82 Å². The first-order chi connectivity index (χ1) is 16.9. The normalized spacial score (nSPS) is 11.9. The molecule has 4 aromatic rings. The maximum Gasteiger partial charge on any atom is 0.417 e. The SMILES string of the molecule is O=C(c1cc(-n2cccn2)ncc1Cl)c1ncc(Cl)cc1NS(=O)(=O)c1ccc(Cl)c(C(F)(F)F)c1. The van der Waals surface area contributed by atoms with Crippen LogP contribution in [0.25, 0.3) is 5.82 Å². The number of sulfonamides is 1. The van der Waals surface area contributed by atoms with Crippen LogP contribution in [0.15, 0.2) is 66.1 Å². The van der Waals surface area contributed by atoms with E-state index in [2.05, 4.69) is 19.8 Å². The van der Waals surface area contributed by atoms with Crippen molar-refractivity contribution in [2.24, 2.45) is 0 Å². The van der Waals surface area contributed by atoms with Crippen LogP contribution >= 0.6 is 34.8 Å². The van der Waals surface area contributed by atoms with Gasteiger partial charge in [0.1, 0.15) is 5.69 Å². The van der Waals surface area contributed by atoms with E-state index >= 15 is 0 Å². The Morgan fingerprint density at radius 1 is 1.00 bits per heavy atom. The van der Waals surface area contributed by atoms with Gasteiger partial charge in [-0.2, -0.15) is 18.3 Å². The predicted octanol–water partition coefficient (Wildman–Crippen LogP) is 5.67. The zero-order valence-corrected chi connectivity index (χ0v) is 20.5. The molecule has 0 radical (unpaired) electrons. The first kappa shape index (κ1) is 25.9. The monoisotopic (exact) mass is 575 g/mol. The molecule has 36 heavy (non-hydrogen) atoms. The smallest absolute Gasteiger partial charge is 0.287 e. The quantitative estimate of drug-likeness (QED) is 0.296. The number of nitrogens with one attached hydrogen (secondary N) is 1. The molecular weight excluding hydrogens is 566 g/mol. The van der Waals surface area contributed by atoms with Crippen molar-refractivity contribution in [2.45, 2.75) is 11.1 Å². The highest BCUT2D eigenvalue weighted by molar-refractivity contribution is 7.92. The Labute approximate surface area is 216 Å². The van der Waals surface area contributed by atoms with Gasteiger partial charge in [-0.05, 0) is 36.4 Å². The summed E-state index contributed by atoms with van der Waals surface area (Å²) in [5.41, 5.74) is -2.22. The lowest BCUT2D eigenvalue weighted by Crippen LogP contribution is -2.18. The van der Waals surface area contributed by atoms with E-state index in [1.54, 1.807) is 12.3 Å². The second-order valence-electron chi connectivity index (χ2n) is 7.10. The Kier molecular flexibility index (Phi) is 6.97. The third-order valence-corrected chi connectivity index (χ3v) is 6.89. The van der Waals surface area contributed by atoms with Crippen molar-refractivity contribution >= 4 is 56.3 Å². The Morgan fingerprint density at radius 2 is 1.75 bits per heavy atom. The standard InChI is InChI=1S/C21H11Cl3F3N5O3S/c22-11-6-17(31-36(34,35)12-2-3-15(23)14(7-12)21(25,26)27)19(29-9-11)20(33)13-8-18(28-10-16(13)24)32-5-1-4-30-32/h1-10,31H. The summed E-state index contributed by atoms with van der Waals surface area (Å²) in [6.45, 7) is 0. The molecule has 186 valence electrons. The zero-order chi connectivity index (χ0) is 26.3. The van der Waals surface area contributed by atoms with E-state index in [9.17, 15) is 26.4 Å². The van der Waals surface area contributed by atoms with E-state index in [-0.39, 0.29) is 27.1 Å². The number of aromatic nitrogens is 4. The van der Waals surface area contributed by atoms with Crippen molar-refractivity contribution in [1.82, 2.24) is 19.7 Å². The summed E-state index contributed by atoms with van der Waals surface area (Å²) in [5, 5.41) is 3.23. The van der Waals surface area contributed by atoms with Crippen LogP contribution in [0, 0.1) is 0 Å². The van der Waals surface area contributed by atoms with Gasteiger partial charge in [0.2, 0.25) is 5.78 Å². The molecule has 8 nitrogen and oxygen atoms in total. The number of alkyl halides is 3. The molecule has 1 aromatic carbocycles. The highest BCUT2D eigenvalue weighted by Crippen LogP contribution is 2.36. The number of anilines is 1. The van der Waals surface area contributed by atoms with Crippen LogP contribution in [0.2, 0.25) is 15.1 Å². The highest BCUT2D eigenvalue weighted by atomic mass is 35.5. The minimum atomic E-state index is -4.90. The van der Waals surface area contributed by atoms with Crippen LogP contribution in [0.5, 0.6) is 0 Å². The van der Waals surface area contributed by atoms with Gasteiger partial charge in [-0.25, -0.2) is 23.1 Å². The summed E-state index contributed by atoms with van der Waals surface area (Å²) in [5.74, 6) is -0.568. The van der Waals surface area contributed by atoms with Gasteiger partial charge < -0.3 is 0 Å². The lowest BCUT2D eigenvalue weighted by molar-refractivity contribution is -0.137. The van der Waals surface area contributed by atoms with Crippen LogP contribution in [0.1, 0.15) is 21.6 Å². The zero-order valence-electron chi connectivity index (χ0n) is 17.5. The summed E-state index contributed by atoms with van der Waals surface area (Å²) < 4.78 is 69.0. The van der Waals surface area contributed by atoms with Gasteiger partial charge in [-0.3, -0.25) is 9.52 Å². The van der Waals surface area contributed by atoms with Gasteiger partial charge in [0.15, 0.2) is 5.82 Å². The first-order valence-electron chi connectivity index (χ1n) is 9.62. The minimum Gasteiger partial charge on any atom is -0.287 e. The highest BCUT2D eigenvalue weighted by Gasteiger charge is 2.35. The topological polar surface area (TPSA) is 107 Å². The molecular formula is C21H11Cl3F3N5O3S. The molecule has 0 aliphatic carbocycles. The summed E-state index contributed by atoms with van der Waals surface area (Å²) >= 11 is 17.7. The molecule has 0 saturated carbocycles. The third kappa shape index (κ3) is 5.31. The van der Waals surface area contributed by atoms with Gasteiger partial charge >= 0.3 is 6.18 Å². The van der Waals surface area contributed by atoms with Crippen LogP contribution in [0.4, 0.5) is 18.9 Å². The maximum atomic E-state index is 13.3. The number of rotatable bonds is 6. The van der Waals surface area contributed by atoms with E-state index in [1.165, 1.54) is 23.1 Å². The van der Waals surface area contributed by atoms with Crippen molar-refractivity contribution in [3.63, 3.8) is 0 Å². The molecule has 1 N–H and O–H groups in total. The van der Waals surface area contributed by atoms with E-state index in [1.807, 2.05) is 0 Å². The Hall–Kier alpha value is -3.19. The number of hydrogen-bond acceptors (Lipinski definition) is 6. The van der Waals surface area contributed by atoms with Gasteiger partial charge in [0, 0.05) is 30.4 Å². The number of carbonyl (C=O) groups is 1. The number of ketones is 1. The molecule has 0 amide bonds. The fraction of sp³-hybridized carbons (Fsp3) is 0.0476. The molecule has 0 saturated heterocycles. The van der Waals surface area contributed by atoms with Gasteiger partial charge in [-0.15, -0.1) is 0 Å². The van der Waals surface area contributed by atoms with Crippen molar-refractivity contribution < 1.29 is 26.4 Å². The minimum absolute atomic E-state index is 0.0469. The second kappa shape index (κ2) is 9.69. The van der Waals surface area contributed by atoms with Gasteiger partial charge in [0.25, 0.3) is 10.0 Å². The molecule has 4 rings (SSSR count). The lowest BCUT2D eigenvalue weighted by Gasteiger charge is -2.14. The first-order valence-corrected chi connectivity index (χ1v) is 12.2. The Morgan fingerprint density at radius 3 is 2.42 bits per heavy atom. The lowest BCUT2D eigenvalue weighted by atomic mass is 10.1. The molecule has 15 heteroatoms. The van der Waals surface area contributed by atoms with Crippen molar-refractivity contribution in [1.29, 1.82) is 0 Å². The molecule has 0 aliphatic heterocycles. The van der Waals surface area contributed by atoms with E-state index in [4.69, 9.17) is 34.8 Å². The summed E-state index contributed by atoms with van der Waals surface area (Å²) in [6, 6.07) is 6.10. The fourth-order valence-corrected chi connectivity index (χ4v) is 4.70. The van der Waals surface area contributed by atoms with Crippen molar-refractivity contribution in [3.05, 3.63) is 93.1 Å². The number of benzene rings is 1. The molecule has 0 spiro atoms. The molecule has 0 atom stereocenters. The average molecular weight is 577 g/mol. The van der Waals surface area contributed by atoms with Crippen molar-refractivity contribution in [2.75, 3.05) is 4.72 Å². The average Bonchev–Trinajstić information content (AvgIpc) is 3.33. The van der Waals surface area contributed by atoms with E-state index in [0.717, 1.165) is 24.4 Å². The number of halogens is 6. The third-order valence-electron chi connectivity index (χ3n) is 4.69. The molecule has 0 fully saturated rings. The predicted molar refractivity (Wildman–Crippen MR) is 126 cm³/mol. The Bertz CT molecular complexity index is 1580. The number of carbonyl (C=O) groups excluding carboxylic acids is 1. The van der Waals surface area contributed by atoms with Gasteiger partial charge in [-0.1, -0.05) is 34.8 Å². The molecule has 0 unspecified atom stereocenters. The van der Waals surface area contributed by atoms with Gasteiger partial charge in [0.05, 0.1) is 31.2 Å². The maximum absolute atomic E-state index is 13.3. The molecule has 0 aliphatic rings. The van der Waals surface area contributed by atoms with Crippen LogP contribution in [-0.4, -0.2) is 33.9 Å². The fourth-order valence-electron chi connectivity index (χ4n) is 3.05. The summed E-state index contributed by atoms with van der Waals surface area (Å²) in [6.07, 6.45) is 0.474. The van der Waals surface area contributed by atoms with E-state index < -0.39 is 43.2 Å². The van der Waals surface area contributed by atoms with E-state index in [0.29, 0.717) is 6.07 Å². The Balaban J connectivity index is 1.76. The summed E-state index contributed by atoms with van der Waals surface area (Å²) in [4.78, 5) is 20.6. The second-order valence-corrected chi connectivity index (χ2v) is 10.0. The number of hydrogen-bond donors (Lipinski definition) is 1. The summed E-state index contributed by atoms with van der Waals surface area (Å²) in [7, 11) is -4.64. The molecule has 3 heterocycles. The largest absolute Gasteiger partial charge is 0.417 e. The van der Waals surface area contributed by atoms with Crippen LogP contribution < -0.4 is 4.72 Å².